The number of aromatic nitrogens is 3. The van der Waals surface area contributed by atoms with Crippen LogP contribution in [-0.2, 0) is 7.05 Å². The van der Waals surface area contributed by atoms with Crippen LogP contribution in [-0.4, -0.2) is 40.7 Å². The molecule has 1 fully saturated rings. The van der Waals surface area contributed by atoms with Gasteiger partial charge in [0, 0.05) is 36.9 Å². The molecule has 1 aliphatic rings. The fourth-order valence-electron chi connectivity index (χ4n) is 4.02. The number of carbonyl (C=O) groups excluding carboxylic acids is 1. The van der Waals surface area contributed by atoms with Crippen LogP contribution in [0.5, 0.6) is 11.5 Å². The molecule has 0 bridgehead atoms. The quantitative estimate of drug-likeness (QED) is 0.414. The zero-order valence-electron chi connectivity index (χ0n) is 19.4. The van der Waals surface area contributed by atoms with Crippen LogP contribution in [0, 0.1) is 0 Å². The van der Waals surface area contributed by atoms with Crippen molar-refractivity contribution in [2.45, 2.75) is 24.9 Å². The van der Waals surface area contributed by atoms with E-state index < -0.39 is 0 Å². The van der Waals surface area contributed by atoms with Gasteiger partial charge in [0.2, 0.25) is 0 Å². The van der Waals surface area contributed by atoms with Crippen molar-refractivity contribution in [2.24, 2.45) is 7.05 Å². The molecule has 0 saturated heterocycles. The van der Waals surface area contributed by atoms with Gasteiger partial charge in [-0.15, -0.1) is 0 Å². The SMILES string of the molecule is COc1cc(OC)cc(C(Nc2cc(C(=O)NC3CC3)c3ccccc3n2)c2nccn2C)c1. The van der Waals surface area contributed by atoms with Crippen molar-refractivity contribution in [1.29, 1.82) is 0 Å². The summed E-state index contributed by atoms with van der Waals surface area (Å²) >= 11 is 0. The average molecular weight is 458 g/mol. The van der Waals surface area contributed by atoms with Crippen LogP contribution in [0.1, 0.15) is 40.6 Å². The molecule has 0 radical (unpaired) electrons. The number of fused-ring (bicyclic) bond motifs is 1. The number of carbonyl (C=O) groups is 1. The van der Waals surface area contributed by atoms with E-state index in [0.29, 0.717) is 22.9 Å². The molecule has 8 heteroatoms. The van der Waals surface area contributed by atoms with Crippen molar-refractivity contribution in [3.8, 4) is 11.5 Å². The van der Waals surface area contributed by atoms with E-state index in [9.17, 15) is 4.79 Å². The Kier molecular flexibility index (Phi) is 5.79. The summed E-state index contributed by atoms with van der Waals surface area (Å²) in [7, 11) is 5.19. The van der Waals surface area contributed by atoms with Gasteiger partial charge in [-0.1, -0.05) is 18.2 Å². The number of anilines is 1. The van der Waals surface area contributed by atoms with Gasteiger partial charge in [-0.3, -0.25) is 4.79 Å². The number of nitrogens with zero attached hydrogens (tertiary/aromatic N) is 3. The van der Waals surface area contributed by atoms with Gasteiger partial charge in [0.05, 0.1) is 25.3 Å². The van der Waals surface area contributed by atoms with Gasteiger partial charge in [-0.05, 0) is 42.7 Å². The molecule has 8 nitrogen and oxygen atoms in total. The zero-order valence-corrected chi connectivity index (χ0v) is 19.4. The van der Waals surface area contributed by atoms with Crippen LogP contribution in [0.15, 0.2) is 60.9 Å². The molecule has 1 amide bonds. The molecule has 1 aliphatic carbocycles. The zero-order chi connectivity index (χ0) is 23.7. The van der Waals surface area contributed by atoms with E-state index in [4.69, 9.17) is 14.5 Å². The van der Waals surface area contributed by atoms with Gasteiger partial charge in [0.25, 0.3) is 5.91 Å². The number of hydrogen-bond acceptors (Lipinski definition) is 6. The summed E-state index contributed by atoms with van der Waals surface area (Å²) in [4.78, 5) is 22.4. The van der Waals surface area contributed by atoms with Crippen molar-refractivity contribution in [3.05, 3.63) is 77.9 Å². The topological polar surface area (TPSA) is 90.3 Å². The van der Waals surface area contributed by atoms with Crippen molar-refractivity contribution in [1.82, 2.24) is 19.9 Å². The Balaban J connectivity index is 1.60. The van der Waals surface area contributed by atoms with Gasteiger partial charge >= 0.3 is 0 Å². The first-order chi connectivity index (χ1) is 16.6. The predicted octanol–water partition coefficient (Wildman–Crippen LogP) is 4.08. The highest BCUT2D eigenvalue weighted by Gasteiger charge is 2.26. The number of para-hydroxylation sites is 1. The lowest BCUT2D eigenvalue weighted by Gasteiger charge is -2.22. The molecular formula is C26H27N5O3. The van der Waals surface area contributed by atoms with Gasteiger partial charge in [0.1, 0.15) is 29.2 Å². The molecule has 2 aromatic heterocycles. The van der Waals surface area contributed by atoms with Crippen LogP contribution in [0.3, 0.4) is 0 Å². The molecule has 2 aromatic carbocycles. The second-order valence-electron chi connectivity index (χ2n) is 8.44. The van der Waals surface area contributed by atoms with E-state index in [1.807, 2.05) is 66.3 Å². The van der Waals surface area contributed by atoms with E-state index in [-0.39, 0.29) is 18.0 Å². The fourth-order valence-corrected chi connectivity index (χ4v) is 4.02. The number of amides is 1. The van der Waals surface area contributed by atoms with Crippen LogP contribution < -0.4 is 20.1 Å². The summed E-state index contributed by atoms with van der Waals surface area (Å²) in [5.41, 5.74) is 2.24. The summed E-state index contributed by atoms with van der Waals surface area (Å²) < 4.78 is 12.9. The molecule has 1 atom stereocenters. The normalized spacial score (nSPS) is 14.0. The number of ether oxygens (including phenoxy) is 2. The van der Waals surface area contributed by atoms with Crippen molar-refractivity contribution in [2.75, 3.05) is 19.5 Å². The molecule has 2 heterocycles. The molecule has 1 unspecified atom stereocenters. The Morgan fingerprint density at radius 1 is 1.09 bits per heavy atom. The Labute approximate surface area is 197 Å². The third-order valence-corrected chi connectivity index (χ3v) is 5.99. The molecule has 0 spiro atoms. The average Bonchev–Trinajstić information content (AvgIpc) is 3.58. The lowest BCUT2D eigenvalue weighted by molar-refractivity contribution is 0.0952. The number of nitrogens with one attached hydrogen (secondary N) is 2. The maximum Gasteiger partial charge on any atom is 0.252 e. The highest BCUT2D eigenvalue weighted by Crippen LogP contribution is 2.32. The fraction of sp³-hybridized carbons (Fsp3) is 0.269. The maximum absolute atomic E-state index is 13.1. The van der Waals surface area contributed by atoms with Crippen molar-refractivity contribution < 1.29 is 14.3 Å². The van der Waals surface area contributed by atoms with Crippen LogP contribution in [0.4, 0.5) is 5.82 Å². The summed E-state index contributed by atoms with van der Waals surface area (Å²) in [5, 5.41) is 7.43. The summed E-state index contributed by atoms with van der Waals surface area (Å²) in [6, 6.07) is 15.1. The highest BCUT2D eigenvalue weighted by molar-refractivity contribution is 6.07. The van der Waals surface area contributed by atoms with Crippen LogP contribution >= 0.6 is 0 Å². The largest absolute Gasteiger partial charge is 0.497 e. The molecule has 4 aromatic rings. The minimum atomic E-state index is -0.364. The number of imidazole rings is 1. The first kappa shape index (κ1) is 21.8. The number of hydrogen-bond donors (Lipinski definition) is 2. The number of pyridine rings is 1. The van der Waals surface area contributed by atoms with Crippen LogP contribution in [0.25, 0.3) is 10.9 Å². The van der Waals surface area contributed by atoms with E-state index in [0.717, 1.165) is 35.1 Å². The number of rotatable bonds is 8. The highest BCUT2D eigenvalue weighted by atomic mass is 16.5. The Morgan fingerprint density at radius 3 is 2.47 bits per heavy atom. The lowest BCUT2D eigenvalue weighted by Crippen LogP contribution is -2.26. The molecule has 5 rings (SSSR count). The predicted molar refractivity (Wildman–Crippen MR) is 130 cm³/mol. The standard InChI is InChI=1S/C26H27N5O3/c1-31-11-10-27-25(31)24(16-12-18(33-2)14-19(13-16)34-3)30-23-15-21(26(32)28-17-8-9-17)20-6-4-5-7-22(20)29-23/h4-7,10-15,17,24H,8-9H2,1-3H3,(H,28,32)(H,29,30). The Bertz CT molecular complexity index is 1320. The summed E-state index contributed by atoms with van der Waals surface area (Å²) in [6.45, 7) is 0. The monoisotopic (exact) mass is 457 g/mol. The van der Waals surface area contributed by atoms with E-state index in [2.05, 4.69) is 15.6 Å². The third kappa shape index (κ3) is 4.39. The van der Waals surface area contributed by atoms with Gasteiger partial charge < -0.3 is 24.7 Å². The molecular weight excluding hydrogens is 430 g/mol. The van der Waals surface area contributed by atoms with E-state index in [1.54, 1.807) is 20.4 Å². The minimum Gasteiger partial charge on any atom is -0.497 e. The van der Waals surface area contributed by atoms with Crippen LogP contribution in [0.2, 0.25) is 0 Å². The lowest BCUT2D eigenvalue weighted by atomic mass is 10.0. The van der Waals surface area contributed by atoms with Crippen molar-refractivity contribution in [3.63, 3.8) is 0 Å². The molecule has 1 saturated carbocycles. The third-order valence-electron chi connectivity index (χ3n) is 5.99. The Hall–Kier alpha value is -4.07. The Morgan fingerprint density at radius 2 is 1.82 bits per heavy atom. The minimum absolute atomic E-state index is 0.0826. The first-order valence-electron chi connectivity index (χ1n) is 11.2. The van der Waals surface area contributed by atoms with E-state index >= 15 is 0 Å². The number of benzene rings is 2. The smallest absolute Gasteiger partial charge is 0.252 e. The van der Waals surface area contributed by atoms with E-state index in [1.165, 1.54) is 0 Å². The number of methoxy groups -OCH3 is 2. The second kappa shape index (κ2) is 9.05. The molecule has 34 heavy (non-hydrogen) atoms. The first-order valence-corrected chi connectivity index (χ1v) is 11.2. The summed E-state index contributed by atoms with van der Waals surface area (Å²) in [5.74, 6) is 2.63. The maximum atomic E-state index is 13.1. The van der Waals surface area contributed by atoms with Gasteiger partial charge in [-0.2, -0.15) is 0 Å². The molecule has 0 aliphatic heterocycles. The van der Waals surface area contributed by atoms with Gasteiger partial charge in [-0.25, -0.2) is 9.97 Å². The van der Waals surface area contributed by atoms with Crippen molar-refractivity contribution >= 4 is 22.6 Å². The van der Waals surface area contributed by atoms with Gasteiger partial charge in [0.15, 0.2) is 0 Å². The second-order valence-corrected chi connectivity index (χ2v) is 8.44. The number of aryl methyl sites for hydroxylation is 1. The summed E-state index contributed by atoms with van der Waals surface area (Å²) in [6.07, 6.45) is 5.70. The molecule has 174 valence electrons. The molecule has 2 N–H and O–H groups in total.